The molecule has 3 nitrogen and oxygen atoms in total. The molecule has 0 spiro atoms. The van der Waals surface area contributed by atoms with E-state index in [-0.39, 0.29) is 12.1 Å². The van der Waals surface area contributed by atoms with Crippen LogP contribution in [0.2, 0.25) is 0 Å². The van der Waals surface area contributed by atoms with Crippen molar-refractivity contribution in [3.63, 3.8) is 0 Å². The predicted molar refractivity (Wildman–Crippen MR) is 40.2 cm³/mol. The highest BCUT2D eigenvalue weighted by molar-refractivity contribution is 5.66. The first-order valence-corrected chi connectivity index (χ1v) is 3.88. The van der Waals surface area contributed by atoms with Crippen LogP contribution in [0.3, 0.4) is 0 Å². The highest BCUT2D eigenvalue weighted by atomic mass is 16.5. The third-order valence-electron chi connectivity index (χ3n) is 1.93. The summed E-state index contributed by atoms with van der Waals surface area (Å²) in [6, 6.07) is 0. The number of esters is 1. The van der Waals surface area contributed by atoms with Gasteiger partial charge in [-0.3, -0.25) is 4.79 Å². The standard InChI is InChI=1S/C8H14O3/c1-6(9)11-8-3-7(4-8)5-10-2/h7-8H,3-5H2,1-2H3. The Morgan fingerprint density at radius 1 is 1.55 bits per heavy atom. The van der Waals surface area contributed by atoms with E-state index in [9.17, 15) is 4.79 Å². The summed E-state index contributed by atoms with van der Waals surface area (Å²) < 4.78 is 9.93. The van der Waals surface area contributed by atoms with Crippen LogP contribution in [-0.2, 0) is 14.3 Å². The van der Waals surface area contributed by atoms with Crippen molar-refractivity contribution in [2.24, 2.45) is 5.92 Å². The van der Waals surface area contributed by atoms with E-state index >= 15 is 0 Å². The smallest absolute Gasteiger partial charge is 0.302 e. The summed E-state index contributed by atoms with van der Waals surface area (Å²) in [6.45, 7) is 2.24. The van der Waals surface area contributed by atoms with Crippen LogP contribution in [0.5, 0.6) is 0 Å². The molecule has 1 fully saturated rings. The minimum absolute atomic E-state index is 0.160. The molecule has 1 aliphatic rings. The maximum atomic E-state index is 10.5. The fourth-order valence-corrected chi connectivity index (χ4v) is 1.38. The second kappa shape index (κ2) is 3.72. The first-order valence-electron chi connectivity index (χ1n) is 3.88. The number of hydrogen-bond donors (Lipinski definition) is 0. The molecule has 64 valence electrons. The maximum Gasteiger partial charge on any atom is 0.302 e. The second-order valence-corrected chi connectivity index (χ2v) is 3.02. The topological polar surface area (TPSA) is 35.5 Å². The van der Waals surface area contributed by atoms with Crippen molar-refractivity contribution in [2.75, 3.05) is 13.7 Å². The SMILES string of the molecule is COCC1CC(OC(C)=O)C1. The van der Waals surface area contributed by atoms with Gasteiger partial charge in [0.15, 0.2) is 0 Å². The molecular formula is C8H14O3. The van der Waals surface area contributed by atoms with Crippen molar-refractivity contribution >= 4 is 5.97 Å². The van der Waals surface area contributed by atoms with E-state index in [1.54, 1.807) is 7.11 Å². The summed E-state index contributed by atoms with van der Waals surface area (Å²) in [4.78, 5) is 10.5. The summed E-state index contributed by atoms with van der Waals surface area (Å²) in [5, 5.41) is 0. The van der Waals surface area contributed by atoms with Gasteiger partial charge < -0.3 is 9.47 Å². The van der Waals surface area contributed by atoms with Crippen LogP contribution in [0.25, 0.3) is 0 Å². The molecular weight excluding hydrogens is 144 g/mol. The van der Waals surface area contributed by atoms with Crippen LogP contribution in [-0.4, -0.2) is 25.8 Å². The van der Waals surface area contributed by atoms with Crippen LogP contribution in [0.1, 0.15) is 19.8 Å². The number of methoxy groups -OCH3 is 1. The van der Waals surface area contributed by atoms with Gasteiger partial charge in [0.2, 0.25) is 0 Å². The Hall–Kier alpha value is -0.570. The summed E-state index contributed by atoms with van der Waals surface area (Å²) in [7, 11) is 1.69. The molecule has 1 saturated carbocycles. The van der Waals surface area contributed by atoms with Gasteiger partial charge in [0.25, 0.3) is 0 Å². The minimum Gasteiger partial charge on any atom is -0.463 e. The zero-order valence-electron chi connectivity index (χ0n) is 7.00. The first kappa shape index (κ1) is 8.53. The first-order chi connectivity index (χ1) is 5.22. The van der Waals surface area contributed by atoms with E-state index in [0.29, 0.717) is 5.92 Å². The zero-order chi connectivity index (χ0) is 8.27. The molecule has 0 unspecified atom stereocenters. The van der Waals surface area contributed by atoms with E-state index in [1.165, 1.54) is 6.92 Å². The molecule has 0 aromatic carbocycles. The quantitative estimate of drug-likeness (QED) is 0.574. The number of carbonyl (C=O) groups excluding carboxylic acids is 1. The average Bonchev–Trinajstić information content (AvgIpc) is 1.82. The van der Waals surface area contributed by atoms with Gasteiger partial charge in [-0.1, -0.05) is 0 Å². The lowest BCUT2D eigenvalue weighted by Crippen LogP contribution is -2.34. The van der Waals surface area contributed by atoms with Gasteiger partial charge in [0.05, 0.1) is 0 Å². The van der Waals surface area contributed by atoms with Crippen molar-refractivity contribution in [1.29, 1.82) is 0 Å². The Kier molecular flexibility index (Phi) is 2.88. The minimum atomic E-state index is -0.175. The van der Waals surface area contributed by atoms with Gasteiger partial charge in [-0.2, -0.15) is 0 Å². The molecule has 0 aliphatic heterocycles. The molecule has 3 heteroatoms. The Morgan fingerprint density at radius 3 is 2.64 bits per heavy atom. The highest BCUT2D eigenvalue weighted by Crippen LogP contribution is 2.29. The van der Waals surface area contributed by atoms with E-state index in [1.807, 2.05) is 0 Å². The Labute approximate surface area is 66.7 Å². The molecule has 0 radical (unpaired) electrons. The van der Waals surface area contributed by atoms with Gasteiger partial charge in [0.1, 0.15) is 6.10 Å². The van der Waals surface area contributed by atoms with Gasteiger partial charge >= 0.3 is 5.97 Å². The second-order valence-electron chi connectivity index (χ2n) is 3.02. The Balaban J connectivity index is 2.04. The van der Waals surface area contributed by atoms with E-state index in [2.05, 4.69) is 0 Å². The molecule has 0 saturated heterocycles. The lowest BCUT2D eigenvalue weighted by molar-refractivity contribution is -0.154. The van der Waals surface area contributed by atoms with Crippen molar-refractivity contribution in [2.45, 2.75) is 25.9 Å². The zero-order valence-corrected chi connectivity index (χ0v) is 7.00. The molecule has 0 bridgehead atoms. The normalized spacial score (nSPS) is 29.3. The van der Waals surface area contributed by atoms with Crippen LogP contribution < -0.4 is 0 Å². The molecule has 1 rings (SSSR count). The highest BCUT2D eigenvalue weighted by Gasteiger charge is 2.30. The Bertz CT molecular complexity index is 138. The molecule has 0 aromatic rings. The molecule has 0 heterocycles. The van der Waals surface area contributed by atoms with Crippen molar-refractivity contribution < 1.29 is 14.3 Å². The lowest BCUT2D eigenvalue weighted by Gasteiger charge is -2.33. The lowest BCUT2D eigenvalue weighted by atomic mass is 9.83. The predicted octanol–water partition coefficient (Wildman–Crippen LogP) is 0.975. The summed E-state index contributed by atoms with van der Waals surface area (Å²) >= 11 is 0. The van der Waals surface area contributed by atoms with Gasteiger partial charge in [-0.05, 0) is 18.8 Å². The molecule has 11 heavy (non-hydrogen) atoms. The van der Waals surface area contributed by atoms with E-state index in [0.717, 1.165) is 19.4 Å². The molecule has 0 atom stereocenters. The van der Waals surface area contributed by atoms with Gasteiger partial charge in [-0.25, -0.2) is 0 Å². The van der Waals surface area contributed by atoms with Crippen LogP contribution >= 0.6 is 0 Å². The average molecular weight is 158 g/mol. The summed E-state index contributed by atoms with van der Waals surface area (Å²) in [6.07, 6.45) is 2.09. The van der Waals surface area contributed by atoms with Gasteiger partial charge in [0, 0.05) is 20.6 Å². The van der Waals surface area contributed by atoms with Crippen LogP contribution in [0, 0.1) is 5.92 Å². The third kappa shape index (κ3) is 2.50. The fraction of sp³-hybridized carbons (Fsp3) is 0.875. The molecule has 0 amide bonds. The van der Waals surface area contributed by atoms with Crippen molar-refractivity contribution in [3.05, 3.63) is 0 Å². The Morgan fingerprint density at radius 2 is 2.18 bits per heavy atom. The molecule has 0 N–H and O–H groups in total. The number of rotatable bonds is 3. The van der Waals surface area contributed by atoms with Crippen molar-refractivity contribution in [3.8, 4) is 0 Å². The monoisotopic (exact) mass is 158 g/mol. The van der Waals surface area contributed by atoms with E-state index < -0.39 is 0 Å². The summed E-state index contributed by atoms with van der Waals surface area (Å²) in [5.41, 5.74) is 0. The molecule has 1 aliphatic carbocycles. The van der Waals surface area contributed by atoms with Crippen LogP contribution in [0.15, 0.2) is 0 Å². The third-order valence-corrected chi connectivity index (χ3v) is 1.93. The number of hydrogen-bond acceptors (Lipinski definition) is 3. The number of ether oxygens (including phenoxy) is 2. The van der Waals surface area contributed by atoms with Crippen molar-refractivity contribution in [1.82, 2.24) is 0 Å². The largest absolute Gasteiger partial charge is 0.463 e. The van der Waals surface area contributed by atoms with Crippen LogP contribution in [0.4, 0.5) is 0 Å². The maximum absolute atomic E-state index is 10.5. The van der Waals surface area contributed by atoms with E-state index in [4.69, 9.17) is 9.47 Å². The summed E-state index contributed by atoms with van der Waals surface area (Å²) in [5.74, 6) is 0.426. The molecule has 0 aromatic heterocycles. The number of carbonyl (C=O) groups is 1. The fourth-order valence-electron chi connectivity index (χ4n) is 1.38. The van der Waals surface area contributed by atoms with Gasteiger partial charge in [-0.15, -0.1) is 0 Å².